The lowest BCUT2D eigenvalue weighted by atomic mass is 10.1. The van der Waals surface area contributed by atoms with Crippen LogP contribution >= 0.6 is 11.6 Å². The highest BCUT2D eigenvalue weighted by molar-refractivity contribution is 6.30. The monoisotopic (exact) mass is 305 g/mol. The van der Waals surface area contributed by atoms with Crippen LogP contribution < -0.4 is 10.1 Å². The van der Waals surface area contributed by atoms with Gasteiger partial charge in [0.1, 0.15) is 5.75 Å². The number of ether oxygens (including phenoxy) is 1. The van der Waals surface area contributed by atoms with E-state index < -0.39 is 6.10 Å². The maximum Gasteiger partial charge on any atom is 0.119 e. The predicted octanol–water partition coefficient (Wildman–Crippen LogP) is 3.73. The van der Waals surface area contributed by atoms with Gasteiger partial charge in [-0.25, -0.2) is 0 Å². The zero-order valence-corrected chi connectivity index (χ0v) is 13.0. The minimum absolute atomic E-state index is 0.115. The number of hydrogen-bond donors (Lipinski definition) is 2. The first kappa shape index (κ1) is 15.8. The van der Waals surface area contributed by atoms with Crippen LogP contribution in [0.2, 0.25) is 5.02 Å². The molecule has 3 nitrogen and oxygen atoms in total. The third kappa shape index (κ3) is 4.46. The third-order valence-corrected chi connectivity index (χ3v) is 3.68. The smallest absolute Gasteiger partial charge is 0.119 e. The fraction of sp³-hybridized carbons (Fsp3) is 0.294. The average molecular weight is 306 g/mol. The highest BCUT2D eigenvalue weighted by Gasteiger charge is 2.11. The van der Waals surface area contributed by atoms with Gasteiger partial charge in [0.15, 0.2) is 0 Å². The third-order valence-electron chi connectivity index (χ3n) is 3.44. The summed E-state index contributed by atoms with van der Waals surface area (Å²) >= 11 is 5.99. The van der Waals surface area contributed by atoms with Crippen molar-refractivity contribution in [1.29, 1.82) is 0 Å². The summed E-state index contributed by atoms with van der Waals surface area (Å²) < 4.78 is 5.17. The molecule has 2 atom stereocenters. The summed E-state index contributed by atoms with van der Waals surface area (Å²) in [7, 11) is 1.62. The number of rotatable bonds is 6. The Balaban J connectivity index is 1.95. The van der Waals surface area contributed by atoms with Gasteiger partial charge in [0, 0.05) is 17.6 Å². The van der Waals surface area contributed by atoms with Crippen molar-refractivity contribution in [2.24, 2.45) is 0 Å². The predicted molar refractivity (Wildman–Crippen MR) is 85.8 cm³/mol. The first-order valence-electron chi connectivity index (χ1n) is 6.91. The summed E-state index contributed by atoms with van der Waals surface area (Å²) in [5.74, 6) is 0.745. The molecule has 0 heterocycles. The topological polar surface area (TPSA) is 41.5 Å². The van der Waals surface area contributed by atoms with Gasteiger partial charge in [-0.1, -0.05) is 35.9 Å². The molecule has 0 spiro atoms. The Morgan fingerprint density at radius 2 is 1.86 bits per heavy atom. The van der Waals surface area contributed by atoms with Gasteiger partial charge in [0.2, 0.25) is 0 Å². The number of nitrogens with one attached hydrogen (secondary N) is 1. The minimum atomic E-state index is -0.582. The van der Waals surface area contributed by atoms with Crippen molar-refractivity contribution in [3.8, 4) is 5.75 Å². The molecule has 0 aliphatic rings. The van der Waals surface area contributed by atoms with Crippen LogP contribution in [0.4, 0.5) is 0 Å². The van der Waals surface area contributed by atoms with Gasteiger partial charge >= 0.3 is 0 Å². The lowest BCUT2D eigenvalue weighted by molar-refractivity contribution is 0.170. The van der Waals surface area contributed by atoms with E-state index in [0.717, 1.165) is 21.9 Å². The van der Waals surface area contributed by atoms with Gasteiger partial charge in [-0.05, 0) is 42.3 Å². The minimum Gasteiger partial charge on any atom is -0.497 e. The summed E-state index contributed by atoms with van der Waals surface area (Å²) in [5, 5.41) is 14.3. The molecule has 0 aliphatic carbocycles. The number of hydrogen-bond acceptors (Lipinski definition) is 3. The Morgan fingerprint density at radius 1 is 1.14 bits per heavy atom. The highest BCUT2D eigenvalue weighted by atomic mass is 35.5. The Labute approximate surface area is 130 Å². The Bertz CT molecular complexity index is 589. The molecule has 0 aromatic heterocycles. The number of aliphatic hydroxyl groups is 1. The first-order valence-corrected chi connectivity index (χ1v) is 7.29. The maximum absolute atomic E-state index is 10.2. The standard InChI is InChI=1S/C17H20ClNO2/c1-12(13-5-3-7-15(18)9-13)19-11-17(20)14-6-4-8-16(10-14)21-2/h3-10,12,17,19-20H,11H2,1-2H3. The van der Waals surface area contributed by atoms with Crippen molar-refractivity contribution in [1.82, 2.24) is 5.32 Å². The molecule has 0 radical (unpaired) electrons. The van der Waals surface area contributed by atoms with Crippen LogP contribution in [-0.4, -0.2) is 18.8 Å². The van der Waals surface area contributed by atoms with Gasteiger partial charge in [0.05, 0.1) is 13.2 Å². The number of halogens is 1. The van der Waals surface area contributed by atoms with Crippen LogP contribution in [0.25, 0.3) is 0 Å². The fourth-order valence-electron chi connectivity index (χ4n) is 2.15. The van der Waals surface area contributed by atoms with Gasteiger partial charge in [-0.2, -0.15) is 0 Å². The van der Waals surface area contributed by atoms with Gasteiger partial charge in [-0.3, -0.25) is 0 Å². The summed E-state index contributed by atoms with van der Waals surface area (Å²) in [6, 6.07) is 15.3. The van der Waals surface area contributed by atoms with Crippen LogP contribution in [0.1, 0.15) is 30.2 Å². The molecule has 2 rings (SSSR count). The van der Waals surface area contributed by atoms with Gasteiger partial charge < -0.3 is 15.2 Å². The van der Waals surface area contributed by atoms with Crippen LogP contribution in [0.3, 0.4) is 0 Å². The molecule has 21 heavy (non-hydrogen) atoms. The van der Waals surface area contributed by atoms with Gasteiger partial charge in [-0.15, -0.1) is 0 Å². The molecule has 4 heteroatoms. The molecule has 0 bridgehead atoms. The molecule has 0 saturated heterocycles. The van der Waals surface area contributed by atoms with E-state index in [1.54, 1.807) is 7.11 Å². The van der Waals surface area contributed by atoms with Crippen molar-refractivity contribution in [2.45, 2.75) is 19.1 Å². The molecule has 2 unspecified atom stereocenters. The van der Waals surface area contributed by atoms with Crippen LogP contribution in [-0.2, 0) is 0 Å². The zero-order chi connectivity index (χ0) is 15.2. The molecular formula is C17H20ClNO2. The Kier molecular flexibility index (Phi) is 5.62. The zero-order valence-electron chi connectivity index (χ0n) is 12.2. The molecular weight excluding hydrogens is 286 g/mol. The Hall–Kier alpha value is -1.55. The van der Waals surface area contributed by atoms with Crippen molar-refractivity contribution >= 4 is 11.6 Å². The lowest BCUT2D eigenvalue weighted by Gasteiger charge is -2.18. The molecule has 0 amide bonds. The quantitative estimate of drug-likeness (QED) is 0.854. The second-order valence-corrected chi connectivity index (χ2v) is 5.41. The maximum atomic E-state index is 10.2. The number of methoxy groups -OCH3 is 1. The van der Waals surface area contributed by atoms with Crippen molar-refractivity contribution in [2.75, 3.05) is 13.7 Å². The fourth-order valence-corrected chi connectivity index (χ4v) is 2.35. The lowest BCUT2D eigenvalue weighted by Crippen LogP contribution is -2.24. The van der Waals surface area contributed by atoms with Crippen LogP contribution in [0.15, 0.2) is 48.5 Å². The van der Waals surface area contributed by atoms with Crippen LogP contribution in [0, 0.1) is 0 Å². The molecule has 0 saturated carbocycles. The number of aliphatic hydroxyl groups excluding tert-OH is 1. The molecule has 2 aromatic rings. The molecule has 2 N–H and O–H groups in total. The van der Waals surface area contributed by atoms with E-state index >= 15 is 0 Å². The van der Waals surface area contributed by atoms with Crippen LogP contribution in [0.5, 0.6) is 5.75 Å². The summed E-state index contributed by atoms with van der Waals surface area (Å²) in [4.78, 5) is 0. The Morgan fingerprint density at radius 3 is 2.57 bits per heavy atom. The van der Waals surface area contributed by atoms with E-state index in [1.807, 2.05) is 55.5 Å². The second-order valence-electron chi connectivity index (χ2n) is 4.98. The van der Waals surface area contributed by atoms with E-state index in [4.69, 9.17) is 16.3 Å². The molecule has 2 aromatic carbocycles. The van der Waals surface area contributed by atoms with E-state index in [0.29, 0.717) is 6.54 Å². The largest absolute Gasteiger partial charge is 0.497 e. The SMILES string of the molecule is COc1cccc(C(O)CNC(C)c2cccc(Cl)c2)c1. The molecule has 112 valence electrons. The van der Waals surface area contributed by atoms with E-state index in [-0.39, 0.29) is 6.04 Å². The summed E-state index contributed by atoms with van der Waals surface area (Å²) in [6.07, 6.45) is -0.582. The van der Waals surface area contributed by atoms with E-state index in [9.17, 15) is 5.11 Å². The molecule has 0 fully saturated rings. The average Bonchev–Trinajstić information content (AvgIpc) is 2.52. The highest BCUT2D eigenvalue weighted by Crippen LogP contribution is 2.21. The first-order chi connectivity index (χ1) is 10.1. The molecule has 0 aliphatic heterocycles. The normalized spacial score (nSPS) is 13.7. The van der Waals surface area contributed by atoms with Crippen molar-refractivity contribution < 1.29 is 9.84 Å². The number of benzene rings is 2. The van der Waals surface area contributed by atoms with E-state index in [2.05, 4.69) is 5.32 Å². The van der Waals surface area contributed by atoms with E-state index in [1.165, 1.54) is 0 Å². The van der Waals surface area contributed by atoms with Gasteiger partial charge in [0.25, 0.3) is 0 Å². The second kappa shape index (κ2) is 7.46. The van der Waals surface area contributed by atoms with Crippen molar-refractivity contribution in [3.63, 3.8) is 0 Å². The summed E-state index contributed by atoms with van der Waals surface area (Å²) in [6.45, 7) is 2.50. The summed E-state index contributed by atoms with van der Waals surface area (Å²) in [5.41, 5.74) is 1.93. The van der Waals surface area contributed by atoms with Crippen molar-refractivity contribution in [3.05, 3.63) is 64.7 Å².